The summed E-state index contributed by atoms with van der Waals surface area (Å²) in [5.41, 5.74) is 8.19. The summed E-state index contributed by atoms with van der Waals surface area (Å²) in [5.74, 6) is 0.694. The maximum absolute atomic E-state index is 5.18. The van der Waals surface area contributed by atoms with E-state index in [0.29, 0.717) is 5.92 Å². The summed E-state index contributed by atoms with van der Waals surface area (Å²) in [6.45, 7) is 6.45. The van der Waals surface area contributed by atoms with Gasteiger partial charge in [0.25, 0.3) is 5.01 Å². The molecule has 38 heavy (non-hydrogen) atoms. The van der Waals surface area contributed by atoms with E-state index in [1.54, 1.807) is 5.37 Å². The van der Waals surface area contributed by atoms with Gasteiger partial charge in [-0.1, -0.05) is 53.5 Å². The number of hydrogen-bond acceptors (Lipinski definition) is 5. The third-order valence-corrected chi connectivity index (χ3v) is 11.0. The lowest BCUT2D eigenvalue weighted by atomic mass is 9.77. The SMILES string of the molecule is CCN1/C(=C/C2=CC3=C/C(=C/c4sc5ccc(C=S)cc5[n+]4CC)CCC3CC2)Sc2ccc(SC)cc21. The Balaban J connectivity index is 1.31. The minimum atomic E-state index is 0.694. The van der Waals surface area contributed by atoms with Crippen molar-refractivity contribution in [1.29, 1.82) is 0 Å². The topological polar surface area (TPSA) is 7.12 Å². The maximum Gasteiger partial charge on any atom is 0.263 e. The first-order valence-electron chi connectivity index (χ1n) is 13.5. The monoisotopic (exact) mass is 573 g/mol. The molecular formula is C32H33N2S4+. The van der Waals surface area contributed by atoms with E-state index in [1.807, 2.05) is 34.9 Å². The highest BCUT2D eigenvalue weighted by molar-refractivity contribution is 8.03. The van der Waals surface area contributed by atoms with Gasteiger partial charge < -0.3 is 4.90 Å². The third-order valence-electron chi connectivity index (χ3n) is 7.82. The molecule has 0 bridgehead atoms. The first kappa shape index (κ1) is 26.1. The number of aromatic nitrogens is 1. The second-order valence-corrected chi connectivity index (χ2v) is 13.3. The lowest BCUT2D eigenvalue weighted by Gasteiger charge is -2.28. The minimum Gasteiger partial charge on any atom is -0.335 e. The molecule has 1 aromatic heterocycles. The van der Waals surface area contributed by atoms with Gasteiger partial charge in [-0.25, -0.2) is 0 Å². The summed E-state index contributed by atoms with van der Waals surface area (Å²) in [5, 5.41) is 4.47. The van der Waals surface area contributed by atoms with E-state index >= 15 is 0 Å². The average Bonchev–Trinajstić information content (AvgIpc) is 3.47. The van der Waals surface area contributed by atoms with E-state index in [9.17, 15) is 0 Å². The molecule has 2 heterocycles. The molecule has 0 N–H and O–H groups in total. The van der Waals surface area contributed by atoms with Crippen LogP contribution in [0.2, 0.25) is 0 Å². The predicted octanol–water partition coefficient (Wildman–Crippen LogP) is 9.19. The second kappa shape index (κ2) is 11.2. The van der Waals surface area contributed by atoms with Crippen LogP contribution in [0.1, 0.15) is 50.1 Å². The molecule has 2 aromatic carbocycles. The van der Waals surface area contributed by atoms with Crippen molar-refractivity contribution in [3.05, 3.63) is 86.9 Å². The molecule has 1 unspecified atom stereocenters. The van der Waals surface area contributed by atoms with Crippen molar-refractivity contribution in [1.82, 2.24) is 0 Å². The van der Waals surface area contributed by atoms with Crippen molar-refractivity contribution in [3.63, 3.8) is 0 Å². The third kappa shape index (κ3) is 4.97. The Morgan fingerprint density at radius 1 is 1.08 bits per heavy atom. The van der Waals surface area contributed by atoms with E-state index in [1.165, 1.54) is 71.7 Å². The molecule has 0 saturated carbocycles. The Morgan fingerprint density at radius 2 is 1.95 bits per heavy atom. The zero-order valence-electron chi connectivity index (χ0n) is 22.2. The molecule has 0 fully saturated rings. The van der Waals surface area contributed by atoms with Crippen LogP contribution in [0.15, 0.2) is 86.2 Å². The molecule has 2 aliphatic carbocycles. The molecule has 194 valence electrons. The number of benzene rings is 2. The van der Waals surface area contributed by atoms with E-state index < -0.39 is 0 Å². The van der Waals surface area contributed by atoms with Gasteiger partial charge in [0.05, 0.1) is 10.7 Å². The number of allylic oxidation sites excluding steroid dienone is 6. The van der Waals surface area contributed by atoms with Gasteiger partial charge >= 0.3 is 0 Å². The molecule has 0 radical (unpaired) electrons. The van der Waals surface area contributed by atoms with Crippen LogP contribution in [0.5, 0.6) is 0 Å². The fourth-order valence-electron chi connectivity index (χ4n) is 5.82. The van der Waals surface area contributed by atoms with E-state index in [4.69, 9.17) is 12.2 Å². The zero-order valence-corrected chi connectivity index (χ0v) is 25.5. The number of hydrogen-bond donors (Lipinski definition) is 0. The van der Waals surface area contributed by atoms with Crippen molar-refractivity contribution >= 4 is 74.4 Å². The Labute approximate surface area is 244 Å². The summed E-state index contributed by atoms with van der Waals surface area (Å²) >= 11 is 10.8. The Kier molecular flexibility index (Phi) is 7.68. The van der Waals surface area contributed by atoms with Crippen LogP contribution in [0, 0.1) is 5.92 Å². The molecule has 2 nitrogen and oxygen atoms in total. The fraction of sp³-hybridized carbons (Fsp3) is 0.312. The number of rotatable bonds is 6. The molecule has 1 atom stereocenters. The van der Waals surface area contributed by atoms with Crippen LogP contribution >= 0.6 is 47.1 Å². The molecule has 3 aliphatic rings. The van der Waals surface area contributed by atoms with Gasteiger partial charge in [-0.3, -0.25) is 0 Å². The lowest BCUT2D eigenvalue weighted by molar-refractivity contribution is -0.665. The molecule has 1 aliphatic heterocycles. The van der Waals surface area contributed by atoms with Crippen molar-refractivity contribution in [2.75, 3.05) is 17.7 Å². The van der Waals surface area contributed by atoms with Gasteiger partial charge in [0, 0.05) is 33.8 Å². The first-order chi connectivity index (χ1) is 18.6. The predicted molar refractivity (Wildman–Crippen MR) is 172 cm³/mol. The van der Waals surface area contributed by atoms with Crippen molar-refractivity contribution in [3.8, 4) is 0 Å². The summed E-state index contributed by atoms with van der Waals surface area (Å²) in [4.78, 5) is 5.18. The lowest BCUT2D eigenvalue weighted by Crippen LogP contribution is -2.33. The van der Waals surface area contributed by atoms with Gasteiger partial charge in [-0.2, -0.15) is 4.57 Å². The normalized spacial score (nSPS) is 21.0. The van der Waals surface area contributed by atoms with Gasteiger partial charge in [-0.05, 0) is 104 Å². The highest BCUT2D eigenvalue weighted by Crippen LogP contribution is 2.48. The molecule has 0 amide bonds. The largest absolute Gasteiger partial charge is 0.335 e. The van der Waals surface area contributed by atoms with Gasteiger partial charge in [-0.15, -0.1) is 11.8 Å². The van der Waals surface area contributed by atoms with Gasteiger partial charge in [0.2, 0.25) is 5.52 Å². The highest BCUT2D eigenvalue weighted by atomic mass is 32.2. The van der Waals surface area contributed by atoms with Crippen LogP contribution in [-0.4, -0.2) is 18.2 Å². The molecule has 0 spiro atoms. The van der Waals surface area contributed by atoms with Crippen LogP contribution in [0.25, 0.3) is 16.3 Å². The Hall–Kier alpha value is -2.12. The first-order valence-corrected chi connectivity index (χ1v) is 16.8. The van der Waals surface area contributed by atoms with Crippen molar-refractivity contribution < 1.29 is 4.57 Å². The molecule has 0 saturated heterocycles. The number of fused-ring (bicyclic) bond motifs is 3. The van der Waals surface area contributed by atoms with Gasteiger partial charge in [0.15, 0.2) is 0 Å². The number of nitrogens with zero attached hydrogens (tertiary/aromatic N) is 2. The van der Waals surface area contributed by atoms with E-state index in [-0.39, 0.29) is 0 Å². The highest BCUT2D eigenvalue weighted by Gasteiger charge is 2.27. The smallest absolute Gasteiger partial charge is 0.263 e. The van der Waals surface area contributed by atoms with Gasteiger partial charge in [0.1, 0.15) is 11.2 Å². The van der Waals surface area contributed by atoms with Crippen LogP contribution in [0.3, 0.4) is 0 Å². The van der Waals surface area contributed by atoms with Crippen LogP contribution in [0.4, 0.5) is 5.69 Å². The number of thiocarbonyl (C=S) groups is 1. The molecule has 6 heteroatoms. The Bertz CT molecular complexity index is 1540. The fourth-order valence-corrected chi connectivity index (χ4v) is 8.77. The Morgan fingerprint density at radius 3 is 2.74 bits per heavy atom. The quantitative estimate of drug-likeness (QED) is 0.165. The number of anilines is 1. The summed E-state index contributed by atoms with van der Waals surface area (Å²) in [6.07, 6.45) is 16.8. The van der Waals surface area contributed by atoms with E-state index in [0.717, 1.165) is 25.1 Å². The van der Waals surface area contributed by atoms with Crippen LogP contribution in [-0.2, 0) is 6.54 Å². The van der Waals surface area contributed by atoms with E-state index in [2.05, 4.69) is 90.3 Å². The summed E-state index contributed by atoms with van der Waals surface area (Å²) in [6, 6.07) is 13.4. The van der Waals surface area contributed by atoms with Crippen LogP contribution < -0.4 is 9.47 Å². The number of aryl methyl sites for hydroxylation is 1. The standard InChI is InChI=1S/C32H33N2S4/c1-4-33-27-16-23(20-35)8-12-29(27)37-31(33)17-21-6-9-24-10-7-22(15-25(24)14-21)18-32-34(5-2)28-19-26(36-3)11-13-30(28)38-32/h8,11-20,24H,4-7,9-10H2,1-3H3/q+1. The average molecular weight is 574 g/mol. The summed E-state index contributed by atoms with van der Waals surface area (Å²) in [7, 11) is 0. The summed E-state index contributed by atoms with van der Waals surface area (Å²) < 4.78 is 3.76. The molecular weight excluding hydrogens is 541 g/mol. The van der Waals surface area contributed by atoms with Crippen molar-refractivity contribution in [2.45, 2.75) is 55.9 Å². The zero-order chi connectivity index (χ0) is 26.2. The molecule has 6 rings (SSSR count). The number of thioether (sulfide) groups is 2. The maximum atomic E-state index is 5.18. The van der Waals surface area contributed by atoms with Crippen molar-refractivity contribution in [2.24, 2.45) is 5.92 Å². The molecule has 3 aromatic rings. The second-order valence-electron chi connectivity index (χ2n) is 10.0. The number of thiazole rings is 1. The minimum absolute atomic E-state index is 0.694.